The first-order valence-corrected chi connectivity index (χ1v) is 3.72. The number of carbonyl (C=O) groups excluding carboxylic acids is 1. The van der Waals surface area contributed by atoms with E-state index in [1.54, 1.807) is 6.20 Å². The number of pyridine rings is 1. The van der Waals surface area contributed by atoms with E-state index in [1.165, 1.54) is 6.92 Å². The molecule has 12 heavy (non-hydrogen) atoms. The van der Waals surface area contributed by atoms with Gasteiger partial charge in [-0.25, -0.2) is 4.98 Å². The highest BCUT2D eigenvalue weighted by atomic mass is 16.1. The highest BCUT2D eigenvalue weighted by molar-refractivity contribution is 5.97. The molecule has 60 valence electrons. The minimum atomic E-state index is 0.0352. The van der Waals surface area contributed by atoms with Crippen LogP contribution in [0.15, 0.2) is 24.4 Å². The number of Topliss-reactive ketones (excluding diaryl/α,β-unsaturated/α-hetero) is 1. The summed E-state index contributed by atoms with van der Waals surface area (Å²) in [5.74, 6) is 0.0352. The fourth-order valence-corrected chi connectivity index (χ4v) is 1.15. The van der Waals surface area contributed by atoms with Gasteiger partial charge in [-0.2, -0.15) is 0 Å². The van der Waals surface area contributed by atoms with Crippen LogP contribution in [0.25, 0.3) is 11.0 Å². The zero-order valence-electron chi connectivity index (χ0n) is 6.66. The van der Waals surface area contributed by atoms with E-state index in [0.29, 0.717) is 5.69 Å². The maximum absolute atomic E-state index is 11.0. The van der Waals surface area contributed by atoms with Crippen molar-refractivity contribution in [2.75, 3.05) is 0 Å². The predicted molar refractivity (Wildman–Crippen MR) is 46.1 cm³/mol. The molecule has 0 saturated heterocycles. The molecule has 0 unspecified atom stereocenters. The number of nitrogens with one attached hydrogen (secondary N) is 1. The fourth-order valence-electron chi connectivity index (χ4n) is 1.15. The topological polar surface area (TPSA) is 45.8 Å². The second kappa shape index (κ2) is 2.44. The summed E-state index contributed by atoms with van der Waals surface area (Å²) in [6.07, 6.45) is 1.70. The van der Waals surface area contributed by atoms with Crippen molar-refractivity contribution in [2.45, 2.75) is 6.92 Å². The van der Waals surface area contributed by atoms with Gasteiger partial charge in [0.05, 0.1) is 5.69 Å². The van der Waals surface area contributed by atoms with Crippen molar-refractivity contribution in [2.24, 2.45) is 0 Å². The smallest absolute Gasteiger partial charge is 0.176 e. The van der Waals surface area contributed by atoms with Crippen molar-refractivity contribution in [3.05, 3.63) is 30.1 Å². The Morgan fingerprint density at radius 1 is 1.58 bits per heavy atom. The molecule has 0 saturated carbocycles. The standard InChI is InChI=1S/C9H8N2O/c1-6(12)8-5-7-3-2-4-10-9(7)11-8/h2-5H,1H3,(H,10,11). The molecule has 0 aromatic carbocycles. The van der Waals surface area contributed by atoms with Gasteiger partial charge >= 0.3 is 0 Å². The zero-order chi connectivity index (χ0) is 8.55. The van der Waals surface area contributed by atoms with Crippen LogP contribution in [-0.2, 0) is 0 Å². The van der Waals surface area contributed by atoms with Gasteiger partial charge in [0.25, 0.3) is 0 Å². The third-order valence-electron chi connectivity index (χ3n) is 1.77. The van der Waals surface area contributed by atoms with Gasteiger partial charge in [0.15, 0.2) is 5.78 Å². The lowest BCUT2D eigenvalue weighted by Crippen LogP contribution is -1.90. The lowest BCUT2D eigenvalue weighted by Gasteiger charge is -1.84. The fraction of sp³-hybridized carbons (Fsp3) is 0.111. The molecule has 3 heteroatoms. The molecule has 0 amide bonds. The van der Waals surface area contributed by atoms with Crippen LogP contribution in [-0.4, -0.2) is 15.8 Å². The van der Waals surface area contributed by atoms with Crippen molar-refractivity contribution < 1.29 is 4.79 Å². The normalized spacial score (nSPS) is 10.4. The molecule has 2 aromatic heterocycles. The largest absolute Gasteiger partial charge is 0.337 e. The highest BCUT2D eigenvalue weighted by Crippen LogP contribution is 2.11. The highest BCUT2D eigenvalue weighted by Gasteiger charge is 2.03. The molecule has 3 nitrogen and oxygen atoms in total. The maximum Gasteiger partial charge on any atom is 0.176 e. The van der Waals surface area contributed by atoms with Crippen LogP contribution in [0, 0.1) is 0 Å². The van der Waals surface area contributed by atoms with Crippen LogP contribution >= 0.6 is 0 Å². The van der Waals surface area contributed by atoms with Gasteiger partial charge < -0.3 is 4.98 Å². The third kappa shape index (κ3) is 0.993. The molecule has 0 spiro atoms. The van der Waals surface area contributed by atoms with Crippen molar-refractivity contribution in [1.29, 1.82) is 0 Å². The Morgan fingerprint density at radius 2 is 2.42 bits per heavy atom. The number of aromatic nitrogens is 2. The molecular formula is C9H8N2O. The second-order valence-electron chi connectivity index (χ2n) is 2.68. The molecule has 0 fully saturated rings. The van der Waals surface area contributed by atoms with E-state index in [4.69, 9.17) is 0 Å². The minimum Gasteiger partial charge on any atom is -0.337 e. The Balaban J connectivity index is 2.70. The maximum atomic E-state index is 11.0. The van der Waals surface area contributed by atoms with Crippen molar-refractivity contribution in [3.63, 3.8) is 0 Å². The molecule has 1 N–H and O–H groups in total. The van der Waals surface area contributed by atoms with Gasteiger partial charge in [0, 0.05) is 18.5 Å². The third-order valence-corrected chi connectivity index (χ3v) is 1.77. The molecule has 0 aliphatic heterocycles. The molecule has 0 atom stereocenters. The number of rotatable bonds is 1. The molecule has 2 aromatic rings. The van der Waals surface area contributed by atoms with Gasteiger partial charge in [-0.05, 0) is 18.2 Å². The Kier molecular flexibility index (Phi) is 1.43. The van der Waals surface area contributed by atoms with Crippen molar-refractivity contribution in [1.82, 2.24) is 9.97 Å². The summed E-state index contributed by atoms with van der Waals surface area (Å²) in [5.41, 5.74) is 1.38. The second-order valence-corrected chi connectivity index (χ2v) is 2.68. The lowest BCUT2D eigenvalue weighted by molar-refractivity contribution is 0.101. The average molecular weight is 160 g/mol. The number of H-pyrrole nitrogens is 1. The first kappa shape index (κ1) is 7.03. The Labute approximate surface area is 69.4 Å². The van der Waals surface area contributed by atoms with Gasteiger partial charge in [-0.1, -0.05) is 0 Å². The van der Waals surface area contributed by atoms with Crippen LogP contribution < -0.4 is 0 Å². The van der Waals surface area contributed by atoms with Crippen LogP contribution in [0.1, 0.15) is 17.4 Å². The molecule has 2 rings (SSSR count). The average Bonchev–Trinajstić information content (AvgIpc) is 2.46. The van der Waals surface area contributed by atoms with E-state index in [9.17, 15) is 4.79 Å². The molecule has 2 heterocycles. The first-order chi connectivity index (χ1) is 5.77. The number of nitrogens with zero attached hydrogens (tertiary/aromatic N) is 1. The molecule has 0 radical (unpaired) electrons. The summed E-state index contributed by atoms with van der Waals surface area (Å²) in [6.45, 7) is 1.53. The summed E-state index contributed by atoms with van der Waals surface area (Å²) in [5, 5.41) is 0.975. The lowest BCUT2D eigenvalue weighted by atomic mass is 10.3. The van der Waals surface area contributed by atoms with Gasteiger partial charge in [0.2, 0.25) is 0 Å². The number of hydrogen-bond donors (Lipinski definition) is 1. The number of fused-ring (bicyclic) bond motifs is 1. The Bertz CT molecular complexity index is 398. The number of hydrogen-bond acceptors (Lipinski definition) is 2. The summed E-state index contributed by atoms with van der Waals surface area (Å²) in [7, 11) is 0. The number of carbonyl (C=O) groups is 1. The number of aromatic amines is 1. The van der Waals surface area contributed by atoms with Gasteiger partial charge in [-0.15, -0.1) is 0 Å². The quantitative estimate of drug-likeness (QED) is 0.646. The molecule has 0 aliphatic carbocycles. The van der Waals surface area contributed by atoms with Gasteiger partial charge in [0.1, 0.15) is 5.65 Å². The summed E-state index contributed by atoms with van der Waals surface area (Å²) < 4.78 is 0. The van der Waals surface area contributed by atoms with E-state index in [2.05, 4.69) is 9.97 Å². The van der Waals surface area contributed by atoms with E-state index >= 15 is 0 Å². The van der Waals surface area contributed by atoms with E-state index in [-0.39, 0.29) is 5.78 Å². The van der Waals surface area contributed by atoms with Crippen LogP contribution in [0.3, 0.4) is 0 Å². The summed E-state index contributed by atoms with van der Waals surface area (Å²) in [4.78, 5) is 18.0. The summed E-state index contributed by atoms with van der Waals surface area (Å²) in [6, 6.07) is 5.58. The van der Waals surface area contributed by atoms with Gasteiger partial charge in [-0.3, -0.25) is 4.79 Å². The predicted octanol–water partition coefficient (Wildman–Crippen LogP) is 1.77. The van der Waals surface area contributed by atoms with E-state index in [1.807, 2.05) is 18.2 Å². The molecule has 0 bridgehead atoms. The monoisotopic (exact) mass is 160 g/mol. The van der Waals surface area contributed by atoms with Crippen molar-refractivity contribution >= 4 is 16.8 Å². The first-order valence-electron chi connectivity index (χ1n) is 3.72. The molecule has 0 aliphatic rings. The van der Waals surface area contributed by atoms with Crippen LogP contribution in [0.5, 0.6) is 0 Å². The zero-order valence-corrected chi connectivity index (χ0v) is 6.66. The van der Waals surface area contributed by atoms with Crippen LogP contribution in [0.4, 0.5) is 0 Å². The Hall–Kier alpha value is -1.64. The van der Waals surface area contributed by atoms with Crippen LogP contribution in [0.2, 0.25) is 0 Å². The minimum absolute atomic E-state index is 0.0352. The SMILES string of the molecule is CC(=O)c1cc2cccnc2[nH]1. The number of ketones is 1. The summed E-state index contributed by atoms with van der Waals surface area (Å²) >= 11 is 0. The molecular weight excluding hydrogens is 152 g/mol. The van der Waals surface area contributed by atoms with Crippen molar-refractivity contribution in [3.8, 4) is 0 Å². The Morgan fingerprint density at radius 3 is 3.08 bits per heavy atom. The van der Waals surface area contributed by atoms with E-state index < -0.39 is 0 Å². The van der Waals surface area contributed by atoms with E-state index in [0.717, 1.165) is 11.0 Å².